The molecular formula is C24H34FN3O3. The molecule has 31 heavy (non-hydrogen) atoms. The molecule has 170 valence electrons. The van der Waals surface area contributed by atoms with Gasteiger partial charge >= 0.3 is 0 Å². The number of nitrogens with one attached hydrogen (secondary N) is 1. The maximum atomic E-state index is 13.2. The van der Waals surface area contributed by atoms with Crippen LogP contribution in [0.3, 0.4) is 0 Å². The molecule has 2 rings (SSSR count). The van der Waals surface area contributed by atoms with Crippen LogP contribution in [0.15, 0.2) is 47.1 Å². The zero-order chi connectivity index (χ0) is 22.6. The first-order valence-corrected chi connectivity index (χ1v) is 11.0. The molecule has 1 unspecified atom stereocenters. The van der Waals surface area contributed by atoms with E-state index in [0.717, 1.165) is 32.5 Å². The molecule has 7 heteroatoms. The van der Waals surface area contributed by atoms with Gasteiger partial charge < -0.3 is 19.5 Å². The number of carbonyl (C=O) groups is 2. The van der Waals surface area contributed by atoms with Gasteiger partial charge in [-0.15, -0.1) is 0 Å². The number of rotatable bonds is 13. The summed E-state index contributed by atoms with van der Waals surface area (Å²) in [5, 5.41) is 3.02. The van der Waals surface area contributed by atoms with Crippen molar-refractivity contribution in [3.8, 4) is 0 Å². The first kappa shape index (κ1) is 24.6. The van der Waals surface area contributed by atoms with E-state index in [1.807, 2.05) is 6.92 Å². The molecule has 0 aliphatic carbocycles. The summed E-state index contributed by atoms with van der Waals surface area (Å²) in [4.78, 5) is 29.3. The fraction of sp³-hybridized carbons (Fsp3) is 0.500. The maximum absolute atomic E-state index is 13.2. The molecule has 2 aromatic rings. The fourth-order valence-corrected chi connectivity index (χ4v) is 3.43. The Morgan fingerprint density at radius 2 is 1.81 bits per heavy atom. The first-order valence-electron chi connectivity index (χ1n) is 11.0. The summed E-state index contributed by atoms with van der Waals surface area (Å²) in [7, 11) is 0. The summed E-state index contributed by atoms with van der Waals surface area (Å²) in [5.41, 5.74) is 0.373. The first-order chi connectivity index (χ1) is 14.9. The lowest BCUT2D eigenvalue weighted by atomic mass is 10.1. The van der Waals surface area contributed by atoms with Crippen LogP contribution in [0.5, 0.6) is 0 Å². The van der Waals surface area contributed by atoms with E-state index in [1.165, 1.54) is 24.3 Å². The summed E-state index contributed by atoms with van der Waals surface area (Å²) in [5.74, 6) is -0.132. The zero-order valence-corrected chi connectivity index (χ0v) is 18.8. The topological polar surface area (TPSA) is 65.8 Å². The molecule has 1 aromatic carbocycles. The lowest BCUT2D eigenvalue weighted by Gasteiger charge is -2.23. The number of carbonyl (C=O) groups excluding carboxylic acids is 2. The number of hydrogen-bond acceptors (Lipinski definition) is 4. The van der Waals surface area contributed by atoms with Gasteiger partial charge in [-0.2, -0.15) is 0 Å². The molecule has 2 amide bonds. The third kappa shape index (κ3) is 8.53. The Morgan fingerprint density at radius 3 is 2.42 bits per heavy atom. The van der Waals surface area contributed by atoms with Crippen LogP contribution >= 0.6 is 0 Å². The molecule has 0 aliphatic heterocycles. The Bertz CT molecular complexity index is 789. The lowest BCUT2D eigenvalue weighted by molar-refractivity contribution is -0.122. The molecule has 1 heterocycles. The number of benzene rings is 1. The Hall–Kier alpha value is -2.67. The number of nitrogens with zero attached hydrogens (tertiary/aromatic N) is 2. The minimum absolute atomic E-state index is 0.0781. The SMILES string of the molecule is CCN(CC)CCCC(C)NC(=O)CCN(Cc1ccco1)C(=O)c1ccc(F)cc1. The average molecular weight is 432 g/mol. The Morgan fingerprint density at radius 1 is 1.10 bits per heavy atom. The number of hydrogen-bond donors (Lipinski definition) is 1. The van der Waals surface area contributed by atoms with E-state index >= 15 is 0 Å². The van der Waals surface area contributed by atoms with E-state index in [2.05, 4.69) is 24.1 Å². The van der Waals surface area contributed by atoms with Crippen molar-refractivity contribution in [1.29, 1.82) is 0 Å². The number of halogens is 1. The molecule has 0 radical (unpaired) electrons. The van der Waals surface area contributed by atoms with Crippen LogP contribution in [0.1, 0.15) is 56.2 Å². The molecule has 0 spiro atoms. The molecule has 0 fully saturated rings. The Balaban J connectivity index is 1.88. The van der Waals surface area contributed by atoms with Crippen molar-refractivity contribution in [2.45, 2.75) is 52.6 Å². The van der Waals surface area contributed by atoms with Crippen molar-refractivity contribution >= 4 is 11.8 Å². The van der Waals surface area contributed by atoms with Crippen molar-refractivity contribution in [2.24, 2.45) is 0 Å². The fourth-order valence-electron chi connectivity index (χ4n) is 3.43. The van der Waals surface area contributed by atoms with Crippen molar-refractivity contribution < 1.29 is 18.4 Å². The third-order valence-corrected chi connectivity index (χ3v) is 5.33. The van der Waals surface area contributed by atoms with Crippen molar-refractivity contribution in [3.63, 3.8) is 0 Å². The second kappa shape index (κ2) is 12.9. The number of furan rings is 1. The van der Waals surface area contributed by atoms with Gasteiger partial charge in [-0.25, -0.2) is 4.39 Å². The lowest BCUT2D eigenvalue weighted by Crippen LogP contribution is -2.38. The molecule has 6 nitrogen and oxygen atoms in total. The summed E-state index contributed by atoms with van der Waals surface area (Å²) in [6.45, 7) is 9.88. The molecule has 0 aliphatic rings. The Kier molecular flexibility index (Phi) is 10.2. The predicted molar refractivity (Wildman–Crippen MR) is 119 cm³/mol. The van der Waals surface area contributed by atoms with Crippen molar-refractivity contribution in [2.75, 3.05) is 26.2 Å². The maximum Gasteiger partial charge on any atom is 0.254 e. The molecule has 1 N–H and O–H groups in total. The molecule has 0 bridgehead atoms. The molecular weight excluding hydrogens is 397 g/mol. The number of amides is 2. The minimum Gasteiger partial charge on any atom is -0.467 e. The highest BCUT2D eigenvalue weighted by molar-refractivity contribution is 5.94. The van der Waals surface area contributed by atoms with Crippen molar-refractivity contribution in [1.82, 2.24) is 15.1 Å². The van der Waals surface area contributed by atoms with Gasteiger partial charge in [0.1, 0.15) is 11.6 Å². The monoisotopic (exact) mass is 431 g/mol. The van der Waals surface area contributed by atoms with Crippen LogP contribution in [0.25, 0.3) is 0 Å². The van der Waals surface area contributed by atoms with Crippen LogP contribution in [-0.2, 0) is 11.3 Å². The molecule has 0 saturated heterocycles. The molecule has 1 aromatic heterocycles. The van der Waals surface area contributed by atoms with Gasteiger partial charge in [0.25, 0.3) is 5.91 Å². The van der Waals surface area contributed by atoms with Gasteiger partial charge in [-0.05, 0) is 75.8 Å². The summed E-state index contributed by atoms with van der Waals surface area (Å²) >= 11 is 0. The second-order valence-corrected chi connectivity index (χ2v) is 7.70. The van der Waals surface area contributed by atoms with Crippen molar-refractivity contribution in [3.05, 3.63) is 59.8 Å². The van der Waals surface area contributed by atoms with Crippen LogP contribution in [0.2, 0.25) is 0 Å². The summed E-state index contributed by atoms with van der Waals surface area (Å²) < 4.78 is 18.6. The van der Waals surface area contributed by atoms with Gasteiger partial charge in [-0.1, -0.05) is 13.8 Å². The normalized spacial score (nSPS) is 12.0. The van der Waals surface area contributed by atoms with Gasteiger partial charge in [-0.3, -0.25) is 9.59 Å². The molecule has 0 saturated carbocycles. The van der Waals surface area contributed by atoms with E-state index < -0.39 is 5.82 Å². The van der Waals surface area contributed by atoms with Gasteiger partial charge in [0.2, 0.25) is 5.91 Å². The quantitative estimate of drug-likeness (QED) is 0.519. The van der Waals surface area contributed by atoms with E-state index in [4.69, 9.17) is 4.42 Å². The highest BCUT2D eigenvalue weighted by atomic mass is 19.1. The summed E-state index contributed by atoms with van der Waals surface area (Å²) in [6.07, 6.45) is 3.67. The highest BCUT2D eigenvalue weighted by Gasteiger charge is 2.19. The highest BCUT2D eigenvalue weighted by Crippen LogP contribution is 2.12. The van der Waals surface area contributed by atoms with Gasteiger partial charge in [0.15, 0.2) is 0 Å². The van der Waals surface area contributed by atoms with Gasteiger partial charge in [0, 0.05) is 24.6 Å². The van der Waals surface area contributed by atoms with E-state index in [-0.39, 0.29) is 37.4 Å². The standard InChI is InChI=1S/C24H34FN3O3/c1-4-27(5-2)15-6-8-19(3)26-23(29)14-16-28(18-22-9-7-17-31-22)24(30)20-10-12-21(25)13-11-20/h7,9-13,17,19H,4-6,8,14-16,18H2,1-3H3,(H,26,29). The minimum atomic E-state index is -0.400. The van der Waals surface area contributed by atoms with Crippen LogP contribution in [0.4, 0.5) is 4.39 Å². The second-order valence-electron chi connectivity index (χ2n) is 7.70. The third-order valence-electron chi connectivity index (χ3n) is 5.33. The summed E-state index contributed by atoms with van der Waals surface area (Å²) in [6, 6.07) is 9.02. The smallest absolute Gasteiger partial charge is 0.254 e. The van der Waals surface area contributed by atoms with Crippen LogP contribution < -0.4 is 5.32 Å². The largest absolute Gasteiger partial charge is 0.467 e. The molecule has 1 atom stereocenters. The van der Waals surface area contributed by atoms with Gasteiger partial charge in [0.05, 0.1) is 12.8 Å². The average Bonchev–Trinajstić information content (AvgIpc) is 3.27. The van der Waals surface area contributed by atoms with E-state index in [1.54, 1.807) is 23.3 Å². The zero-order valence-electron chi connectivity index (χ0n) is 18.8. The van der Waals surface area contributed by atoms with Crippen LogP contribution in [-0.4, -0.2) is 53.8 Å². The van der Waals surface area contributed by atoms with E-state index in [0.29, 0.717) is 11.3 Å². The van der Waals surface area contributed by atoms with E-state index in [9.17, 15) is 14.0 Å². The van der Waals surface area contributed by atoms with Crippen LogP contribution in [0, 0.1) is 5.82 Å². The Labute approximate surface area is 184 Å². The predicted octanol–water partition coefficient (Wildman–Crippen LogP) is 4.08.